The molecule has 4 atom stereocenters. The van der Waals surface area contributed by atoms with Crippen LogP contribution in [0.5, 0.6) is 11.5 Å². The summed E-state index contributed by atoms with van der Waals surface area (Å²) in [6.07, 6.45) is 1.29. The lowest BCUT2D eigenvalue weighted by Gasteiger charge is -2.41. The van der Waals surface area contributed by atoms with Crippen LogP contribution in [0.3, 0.4) is 0 Å². The molecule has 1 aliphatic heterocycles. The highest BCUT2D eigenvalue weighted by Gasteiger charge is 2.52. The number of aliphatic hydroxyl groups is 3. The number of benzene rings is 2. The summed E-state index contributed by atoms with van der Waals surface area (Å²) in [6, 6.07) is 12.1. The molecule has 196 valence electrons. The van der Waals surface area contributed by atoms with Gasteiger partial charge in [-0.15, -0.1) is 0 Å². The zero-order valence-electron chi connectivity index (χ0n) is 20.7. The number of nitrogens with one attached hydrogen (secondary N) is 1. The third-order valence-electron chi connectivity index (χ3n) is 7.26. The van der Waals surface area contributed by atoms with E-state index in [4.69, 9.17) is 9.47 Å². The molecular weight excluding hydrogens is 476 g/mol. The van der Waals surface area contributed by atoms with Crippen molar-refractivity contribution >= 4 is 11.8 Å². The Hall–Kier alpha value is -3.40. The molecule has 0 aromatic heterocycles. The number of amides is 2. The molecule has 2 aliphatic carbocycles. The van der Waals surface area contributed by atoms with E-state index in [1.165, 1.54) is 7.11 Å². The van der Waals surface area contributed by atoms with Crippen LogP contribution in [0.1, 0.15) is 35.4 Å². The van der Waals surface area contributed by atoms with Gasteiger partial charge in [-0.05, 0) is 42.2 Å². The van der Waals surface area contributed by atoms with E-state index in [-0.39, 0.29) is 38.1 Å². The van der Waals surface area contributed by atoms with Crippen LogP contribution in [0, 0.1) is 5.92 Å². The van der Waals surface area contributed by atoms with Gasteiger partial charge in [0, 0.05) is 30.1 Å². The van der Waals surface area contributed by atoms with Gasteiger partial charge in [0.2, 0.25) is 11.8 Å². The van der Waals surface area contributed by atoms with E-state index in [1.54, 1.807) is 23.1 Å². The minimum absolute atomic E-state index is 0.0588. The van der Waals surface area contributed by atoms with Crippen molar-refractivity contribution in [2.24, 2.45) is 5.92 Å². The van der Waals surface area contributed by atoms with E-state index in [1.807, 2.05) is 30.3 Å². The van der Waals surface area contributed by atoms with Crippen LogP contribution in [0.2, 0.25) is 0 Å². The van der Waals surface area contributed by atoms with Crippen molar-refractivity contribution in [3.05, 3.63) is 70.8 Å². The maximum absolute atomic E-state index is 13.5. The molecule has 2 aromatic carbocycles. The predicted octanol–water partition coefficient (Wildman–Crippen LogP) is 1.25. The van der Waals surface area contributed by atoms with Crippen molar-refractivity contribution in [3.8, 4) is 11.5 Å². The summed E-state index contributed by atoms with van der Waals surface area (Å²) in [4.78, 5) is 28.5. The number of hydrogen-bond donors (Lipinski definition) is 4. The third-order valence-corrected chi connectivity index (χ3v) is 7.26. The van der Waals surface area contributed by atoms with Crippen molar-refractivity contribution in [2.45, 2.75) is 50.2 Å². The number of hydrogen-bond acceptors (Lipinski definition) is 7. The first-order chi connectivity index (χ1) is 18.0. The molecule has 4 unspecified atom stereocenters. The van der Waals surface area contributed by atoms with E-state index in [0.717, 1.165) is 18.4 Å². The Morgan fingerprint density at radius 3 is 2.54 bits per heavy atom. The fraction of sp³-hybridized carbons (Fsp3) is 0.429. The molecule has 4 N–H and O–H groups in total. The minimum Gasteiger partial charge on any atom is -0.493 e. The smallest absolute Gasteiger partial charge is 0.247 e. The summed E-state index contributed by atoms with van der Waals surface area (Å²) in [7, 11) is 1.49. The summed E-state index contributed by atoms with van der Waals surface area (Å²) in [5.74, 6) is -0.418. The second-order valence-corrected chi connectivity index (χ2v) is 9.74. The lowest BCUT2D eigenvalue weighted by atomic mass is 9.77. The van der Waals surface area contributed by atoms with Gasteiger partial charge in [0.1, 0.15) is 12.2 Å². The fourth-order valence-electron chi connectivity index (χ4n) is 5.29. The Morgan fingerprint density at radius 2 is 1.89 bits per heavy atom. The van der Waals surface area contributed by atoms with E-state index >= 15 is 0 Å². The summed E-state index contributed by atoms with van der Waals surface area (Å²) in [5.41, 5.74) is 2.46. The van der Waals surface area contributed by atoms with Crippen molar-refractivity contribution < 1.29 is 34.4 Å². The largest absolute Gasteiger partial charge is 0.493 e. The Kier molecular flexibility index (Phi) is 7.19. The number of nitrogens with zero attached hydrogens (tertiary/aromatic N) is 1. The monoisotopic (exact) mass is 508 g/mol. The molecule has 9 nitrogen and oxygen atoms in total. The number of carbonyl (C=O) groups excluding carboxylic acids is 2. The van der Waals surface area contributed by atoms with Gasteiger partial charge in [-0.1, -0.05) is 30.3 Å². The molecule has 0 bridgehead atoms. The highest BCUT2D eigenvalue weighted by molar-refractivity contribution is 5.96. The fourth-order valence-corrected chi connectivity index (χ4v) is 5.29. The summed E-state index contributed by atoms with van der Waals surface area (Å²) >= 11 is 0. The van der Waals surface area contributed by atoms with Gasteiger partial charge >= 0.3 is 0 Å². The van der Waals surface area contributed by atoms with E-state index < -0.39 is 30.1 Å². The van der Waals surface area contributed by atoms with Crippen LogP contribution in [-0.4, -0.2) is 70.5 Å². The first kappa shape index (κ1) is 25.3. The number of fused-ring (bicyclic) bond motifs is 3. The number of methoxy groups -OCH3 is 1. The van der Waals surface area contributed by atoms with E-state index in [0.29, 0.717) is 28.2 Å². The number of aliphatic hydroxyl groups excluding tert-OH is 3. The average molecular weight is 509 g/mol. The molecule has 37 heavy (non-hydrogen) atoms. The van der Waals surface area contributed by atoms with Crippen LogP contribution in [0.15, 0.2) is 54.1 Å². The van der Waals surface area contributed by atoms with Gasteiger partial charge < -0.3 is 35.0 Å². The first-order valence-electron chi connectivity index (χ1n) is 12.6. The Balaban J connectivity index is 1.59. The molecule has 5 rings (SSSR count). The first-order valence-corrected chi connectivity index (χ1v) is 12.6. The van der Waals surface area contributed by atoms with Gasteiger partial charge in [0.25, 0.3) is 0 Å². The molecule has 2 amide bonds. The molecule has 0 saturated heterocycles. The van der Waals surface area contributed by atoms with Crippen molar-refractivity contribution in [2.75, 3.05) is 20.3 Å². The minimum atomic E-state index is -1.12. The molecular formula is C28H32N2O7. The van der Waals surface area contributed by atoms with Crippen LogP contribution in [-0.2, 0) is 22.7 Å². The summed E-state index contributed by atoms with van der Waals surface area (Å²) < 4.78 is 11.7. The zero-order chi connectivity index (χ0) is 26.1. The van der Waals surface area contributed by atoms with Crippen molar-refractivity contribution in [3.63, 3.8) is 0 Å². The quantitative estimate of drug-likeness (QED) is 0.401. The highest BCUT2D eigenvalue weighted by atomic mass is 16.5. The summed E-state index contributed by atoms with van der Waals surface area (Å²) in [5, 5.41) is 33.4. The molecule has 2 aromatic rings. The molecule has 1 fully saturated rings. The zero-order valence-corrected chi connectivity index (χ0v) is 20.7. The van der Waals surface area contributed by atoms with Gasteiger partial charge in [-0.25, -0.2) is 0 Å². The molecule has 3 aliphatic rings. The van der Waals surface area contributed by atoms with Gasteiger partial charge in [-0.3, -0.25) is 9.59 Å². The number of carbonyl (C=O) groups is 2. The topological polar surface area (TPSA) is 129 Å². The lowest BCUT2D eigenvalue weighted by Crippen LogP contribution is -2.55. The molecule has 0 spiro atoms. The maximum atomic E-state index is 13.5. The molecule has 0 radical (unpaired) electrons. The molecule has 9 heteroatoms. The normalized spacial score (nSPS) is 23.8. The van der Waals surface area contributed by atoms with Crippen molar-refractivity contribution in [1.29, 1.82) is 0 Å². The Bertz CT molecular complexity index is 1190. The number of ether oxygens (including phenoxy) is 2. The standard InChI is InChI=1S/C28H32N2O7/c1-36-22-12-17(15-32)11-19-23-20(27(34)29-9-10-31)13-21(24(33)26(23)37-25(19)22)30(28(35)18-7-8-18)14-16-5-3-2-4-6-16/h2-6,11-13,18,21,23-24,26,31-33H,7-10,14-15H2,1H3,(H,29,34). The highest BCUT2D eigenvalue weighted by Crippen LogP contribution is 2.51. The Morgan fingerprint density at radius 1 is 1.14 bits per heavy atom. The maximum Gasteiger partial charge on any atom is 0.247 e. The van der Waals surface area contributed by atoms with Gasteiger partial charge in [-0.2, -0.15) is 0 Å². The SMILES string of the molecule is COc1cc(CO)cc2c1OC1C2C(C(=O)NCCO)=CC(N(Cc2ccccc2)C(=O)C2CC2)C1O. The molecule has 1 saturated carbocycles. The summed E-state index contributed by atoms with van der Waals surface area (Å²) in [6.45, 7) is -0.122. The number of rotatable bonds is 9. The third kappa shape index (κ3) is 4.82. The van der Waals surface area contributed by atoms with E-state index in [9.17, 15) is 24.9 Å². The predicted molar refractivity (Wildman–Crippen MR) is 134 cm³/mol. The van der Waals surface area contributed by atoms with Gasteiger partial charge in [0.05, 0.1) is 32.3 Å². The van der Waals surface area contributed by atoms with Crippen LogP contribution in [0.25, 0.3) is 0 Å². The van der Waals surface area contributed by atoms with Crippen molar-refractivity contribution in [1.82, 2.24) is 10.2 Å². The second-order valence-electron chi connectivity index (χ2n) is 9.74. The molecule has 1 heterocycles. The second kappa shape index (κ2) is 10.5. The van der Waals surface area contributed by atoms with Crippen LogP contribution in [0.4, 0.5) is 0 Å². The lowest BCUT2D eigenvalue weighted by molar-refractivity contribution is -0.139. The van der Waals surface area contributed by atoms with Crippen LogP contribution < -0.4 is 14.8 Å². The van der Waals surface area contributed by atoms with Gasteiger partial charge in [0.15, 0.2) is 11.5 Å². The average Bonchev–Trinajstić information content (AvgIpc) is 3.70. The Labute approximate surface area is 215 Å². The van der Waals surface area contributed by atoms with Crippen LogP contribution >= 0.6 is 0 Å². The van der Waals surface area contributed by atoms with E-state index in [2.05, 4.69) is 5.32 Å².